The summed E-state index contributed by atoms with van der Waals surface area (Å²) in [6, 6.07) is 17.9. The van der Waals surface area contributed by atoms with Crippen molar-refractivity contribution in [2.75, 3.05) is 18.0 Å². The molecule has 0 spiro atoms. The normalized spacial score (nSPS) is 12.1. The van der Waals surface area contributed by atoms with Crippen molar-refractivity contribution in [3.8, 4) is 5.75 Å². The molecule has 2 amide bonds. The van der Waals surface area contributed by atoms with E-state index >= 15 is 0 Å². The molecule has 0 bridgehead atoms. The number of amides is 2. The Hall–Kier alpha value is -3.27. The van der Waals surface area contributed by atoms with E-state index in [2.05, 4.69) is 5.32 Å². The number of nitrogens with one attached hydrogen (secondary N) is 1. The molecule has 1 N–H and O–H groups in total. The molecule has 8 nitrogen and oxygen atoms in total. The summed E-state index contributed by atoms with van der Waals surface area (Å²) in [7, 11) is -2.72. The minimum Gasteiger partial charge on any atom is -0.497 e. The number of halogens is 2. The van der Waals surface area contributed by atoms with E-state index in [1.807, 2.05) is 13.8 Å². The fraction of sp³-hybridized carbons (Fsp3) is 0.286. The van der Waals surface area contributed by atoms with Crippen LogP contribution in [0.2, 0.25) is 10.0 Å². The van der Waals surface area contributed by atoms with E-state index in [0.29, 0.717) is 21.4 Å². The summed E-state index contributed by atoms with van der Waals surface area (Å²) < 4.78 is 33.8. The predicted octanol–water partition coefficient (Wildman–Crippen LogP) is 5.14. The van der Waals surface area contributed by atoms with Gasteiger partial charge < -0.3 is 15.0 Å². The fourth-order valence-corrected chi connectivity index (χ4v) is 5.58. The molecule has 0 aliphatic carbocycles. The Morgan fingerprint density at radius 3 is 2.13 bits per heavy atom. The molecule has 0 saturated carbocycles. The minimum atomic E-state index is -4.20. The molecule has 3 aromatic rings. The van der Waals surface area contributed by atoms with E-state index in [0.717, 1.165) is 4.31 Å². The first-order valence-electron chi connectivity index (χ1n) is 12.2. The topological polar surface area (TPSA) is 96.0 Å². The third-order valence-corrected chi connectivity index (χ3v) is 8.16. The maximum atomic E-state index is 13.9. The Morgan fingerprint density at radius 2 is 1.56 bits per heavy atom. The van der Waals surface area contributed by atoms with Crippen LogP contribution in [0.1, 0.15) is 26.3 Å². The van der Waals surface area contributed by atoms with Gasteiger partial charge in [-0.3, -0.25) is 13.9 Å². The van der Waals surface area contributed by atoms with Crippen molar-refractivity contribution in [2.45, 2.75) is 44.3 Å². The van der Waals surface area contributed by atoms with Crippen LogP contribution in [0, 0.1) is 0 Å². The van der Waals surface area contributed by atoms with Gasteiger partial charge in [-0.05, 0) is 87.0 Å². The molecule has 39 heavy (non-hydrogen) atoms. The molecule has 3 aromatic carbocycles. The molecule has 0 saturated heterocycles. The number of hydrogen-bond donors (Lipinski definition) is 1. The fourth-order valence-electron chi connectivity index (χ4n) is 3.83. The van der Waals surface area contributed by atoms with Crippen LogP contribution < -0.4 is 14.4 Å². The van der Waals surface area contributed by atoms with Gasteiger partial charge >= 0.3 is 0 Å². The Kier molecular flexibility index (Phi) is 10.2. The SMILES string of the molecule is COc1ccc(S(=O)(=O)N(CC(=O)N(Cc2cccc(Cl)c2)[C@@H](C)C(=O)NC(C)C)c2ccc(Cl)cc2)cc1. The lowest BCUT2D eigenvalue weighted by Gasteiger charge is -2.32. The lowest BCUT2D eigenvalue weighted by molar-refractivity contribution is -0.139. The van der Waals surface area contributed by atoms with Gasteiger partial charge in [0, 0.05) is 22.6 Å². The quantitative estimate of drug-likeness (QED) is 0.333. The first kappa shape index (κ1) is 30.3. The Morgan fingerprint density at radius 1 is 0.923 bits per heavy atom. The molecule has 0 aliphatic rings. The van der Waals surface area contributed by atoms with Crippen molar-refractivity contribution in [1.82, 2.24) is 10.2 Å². The van der Waals surface area contributed by atoms with Gasteiger partial charge in [-0.25, -0.2) is 8.42 Å². The second-order valence-electron chi connectivity index (χ2n) is 9.15. The van der Waals surface area contributed by atoms with Crippen LogP contribution in [-0.2, 0) is 26.2 Å². The van der Waals surface area contributed by atoms with Crippen LogP contribution in [0.25, 0.3) is 0 Å². The van der Waals surface area contributed by atoms with Gasteiger partial charge in [0.2, 0.25) is 11.8 Å². The summed E-state index contributed by atoms with van der Waals surface area (Å²) in [6.07, 6.45) is 0. The number of benzene rings is 3. The van der Waals surface area contributed by atoms with Crippen molar-refractivity contribution >= 4 is 50.7 Å². The van der Waals surface area contributed by atoms with Crippen LogP contribution in [0.5, 0.6) is 5.75 Å². The number of hydrogen-bond acceptors (Lipinski definition) is 5. The minimum absolute atomic E-state index is 0.0296. The molecule has 0 aromatic heterocycles. The average molecular weight is 593 g/mol. The third-order valence-electron chi connectivity index (χ3n) is 5.88. The Balaban J connectivity index is 2.03. The second-order valence-corrected chi connectivity index (χ2v) is 11.9. The van der Waals surface area contributed by atoms with Gasteiger partial charge in [-0.2, -0.15) is 0 Å². The molecule has 0 fully saturated rings. The van der Waals surface area contributed by atoms with Crippen LogP contribution in [0.15, 0.2) is 77.7 Å². The van der Waals surface area contributed by atoms with E-state index in [-0.39, 0.29) is 29.1 Å². The van der Waals surface area contributed by atoms with Crippen molar-refractivity contribution in [2.24, 2.45) is 0 Å². The molecule has 1 atom stereocenters. The van der Waals surface area contributed by atoms with Gasteiger partial charge in [0.05, 0.1) is 17.7 Å². The standard InChI is InChI=1S/C28H31Cl2N3O5S/c1-19(2)31-28(35)20(3)32(17-21-6-5-7-23(30)16-21)27(34)18-33(24-10-8-22(29)9-11-24)39(36,37)26-14-12-25(38-4)13-15-26/h5-16,19-20H,17-18H2,1-4H3,(H,31,35)/t20-/m0/s1. The first-order valence-corrected chi connectivity index (χ1v) is 14.4. The highest BCUT2D eigenvalue weighted by atomic mass is 35.5. The summed E-state index contributed by atoms with van der Waals surface area (Å²) in [5, 5.41) is 3.70. The summed E-state index contributed by atoms with van der Waals surface area (Å²) >= 11 is 12.2. The predicted molar refractivity (Wildman–Crippen MR) is 154 cm³/mol. The lowest BCUT2D eigenvalue weighted by atomic mass is 10.1. The average Bonchev–Trinajstić information content (AvgIpc) is 2.90. The molecule has 208 valence electrons. The maximum Gasteiger partial charge on any atom is 0.264 e. The first-order chi connectivity index (χ1) is 18.4. The maximum absolute atomic E-state index is 13.9. The zero-order chi connectivity index (χ0) is 28.7. The molecular weight excluding hydrogens is 561 g/mol. The van der Waals surface area contributed by atoms with Crippen LogP contribution in [0.4, 0.5) is 5.69 Å². The molecule has 0 unspecified atom stereocenters. The largest absolute Gasteiger partial charge is 0.497 e. The van der Waals surface area contributed by atoms with Crippen molar-refractivity contribution < 1.29 is 22.7 Å². The van der Waals surface area contributed by atoms with Crippen molar-refractivity contribution in [3.05, 3.63) is 88.4 Å². The number of sulfonamides is 1. The number of ether oxygens (including phenoxy) is 1. The van der Waals surface area contributed by atoms with Gasteiger partial charge in [-0.1, -0.05) is 35.3 Å². The highest BCUT2D eigenvalue weighted by Crippen LogP contribution is 2.27. The molecular formula is C28H31Cl2N3O5S. The zero-order valence-electron chi connectivity index (χ0n) is 22.1. The summed E-state index contributed by atoms with van der Waals surface area (Å²) in [5.41, 5.74) is 0.932. The van der Waals surface area contributed by atoms with Crippen molar-refractivity contribution in [1.29, 1.82) is 0 Å². The molecule has 11 heteroatoms. The molecule has 0 aliphatic heterocycles. The van der Waals surface area contributed by atoms with Crippen molar-refractivity contribution in [3.63, 3.8) is 0 Å². The Labute approximate surface area is 239 Å². The third kappa shape index (κ3) is 7.88. The zero-order valence-corrected chi connectivity index (χ0v) is 24.4. The van der Waals surface area contributed by atoms with E-state index in [9.17, 15) is 18.0 Å². The summed E-state index contributed by atoms with van der Waals surface area (Å²) in [6.45, 7) is 4.72. The number of carbonyl (C=O) groups is 2. The number of rotatable bonds is 11. The lowest BCUT2D eigenvalue weighted by Crippen LogP contribution is -2.52. The number of methoxy groups -OCH3 is 1. The number of carbonyl (C=O) groups excluding carboxylic acids is 2. The Bertz CT molecular complexity index is 1400. The highest BCUT2D eigenvalue weighted by molar-refractivity contribution is 7.92. The van der Waals surface area contributed by atoms with Gasteiger partial charge in [-0.15, -0.1) is 0 Å². The summed E-state index contributed by atoms with van der Waals surface area (Å²) in [4.78, 5) is 28.1. The van der Waals surface area contributed by atoms with Gasteiger partial charge in [0.1, 0.15) is 18.3 Å². The number of nitrogens with zero attached hydrogens (tertiary/aromatic N) is 2. The smallest absolute Gasteiger partial charge is 0.264 e. The summed E-state index contributed by atoms with van der Waals surface area (Å²) in [5.74, 6) is -0.453. The van der Waals surface area contributed by atoms with Crippen LogP contribution in [0.3, 0.4) is 0 Å². The monoisotopic (exact) mass is 591 g/mol. The molecule has 3 rings (SSSR count). The second kappa shape index (κ2) is 13.2. The molecule has 0 heterocycles. The van der Waals surface area contributed by atoms with E-state index in [4.69, 9.17) is 27.9 Å². The van der Waals surface area contributed by atoms with Gasteiger partial charge in [0.15, 0.2) is 0 Å². The van der Waals surface area contributed by atoms with E-state index in [1.165, 1.54) is 48.4 Å². The number of anilines is 1. The van der Waals surface area contributed by atoms with Crippen LogP contribution >= 0.6 is 23.2 Å². The molecule has 0 radical (unpaired) electrons. The highest BCUT2D eigenvalue weighted by Gasteiger charge is 2.32. The van der Waals surface area contributed by atoms with E-state index < -0.39 is 28.5 Å². The van der Waals surface area contributed by atoms with E-state index in [1.54, 1.807) is 43.3 Å². The van der Waals surface area contributed by atoms with Crippen LogP contribution in [-0.4, -0.2) is 50.9 Å². The van der Waals surface area contributed by atoms with Gasteiger partial charge in [0.25, 0.3) is 10.0 Å².